The van der Waals surface area contributed by atoms with Gasteiger partial charge >= 0.3 is 0 Å². The molecule has 0 radical (unpaired) electrons. The second-order valence-electron chi connectivity index (χ2n) is 8.13. The van der Waals surface area contributed by atoms with Gasteiger partial charge in [-0.3, -0.25) is 4.68 Å². The normalized spacial score (nSPS) is 22.0. The molecular weight excluding hydrogens is 282 g/mol. The summed E-state index contributed by atoms with van der Waals surface area (Å²) >= 11 is 0. The molecule has 2 aliphatic rings. The van der Waals surface area contributed by atoms with Crippen molar-refractivity contribution in [2.45, 2.75) is 83.6 Å². The van der Waals surface area contributed by atoms with E-state index < -0.39 is 0 Å². The summed E-state index contributed by atoms with van der Waals surface area (Å²) < 4.78 is 2.23. The minimum absolute atomic E-state index is 0.587. The maximum absolute atomic E-state index is 4.61. The van der Waals surface area contributed by atoms with Crippen LogP contribution in [-0.2, 0) is 0 Å². The number of piperidine rings is 1. The van der Waals surface area contributed by atoms with Gasteiger partial charge in [0.15, 0.2) is 0 Å². The van der Waals surface area contributed by atoms with Crippen LogP contribution in [0.25, 0.3) is 0 Å². The molecule has 2 heterocycles. The topological polar surface area (TPSA) is 21.1 Å². The van der Waals surface area contributed by atoms with E-state index in [-0.39, 0.29) is 0 Å². The molecule has 1 aromatic rings. The quantitative estimate of drug-likeness (QED) is 0.736. The highest BCUT2D eigenvalue weighted by Crippen LogP contribution is 2.28. The second kappa shape index (κ2) is 8.32. The van der Waals surface area contributed by atoms with Crippen LogP contribution in [0.1, 0.15) is 89.2 Å². The van der Waals surface area contributed by atoms with E-state index in [1.165, 1.54) is 83.0 Å². The molecule has 3 nitrogen and oxygen atoms in total. The van der Waals surface area contributed by atoms with Gasteiger partial charge in [-0.2, -0.15) is 5.10 Å². The highest BCUT2D eigenvalue weighted by Gasteiger charge is 2.21. The lowest BCUT2D eigenvalue weighted by Gasteiger charge is -2.32. The molecule has 1 aliphatic heterocycles. The van der Waals surface area contributed by atoms with Gasteiger partial charge in [-0.1, -0.05) is 46.0 Å². The molecule has 1 saturated carbocycles. The fraction of sp³-hybridized carbons (Fsp3) is 0.850. The van der Waals surface area contributed by atoms with Crippen molar-refractivity contribution in [3.8, 4) is 0 Å². The number of nitrogens with zero attached hydrogens (tertiary/aromatic N) is 3. The Bertz CT molecular complexity index is 451. The number of hydrogen-bond donors (Lipinski definition) is 0. The van der Waals surface area contributed by atoms with E-state index >= 15 is 0 Å². The van der Waals surface area contributed by atoms with Gasteiger partial charge in [0.05, 0.1) is 12.2 Å². The van der Waals surface area contributed by atoms with E-state index in [1.807, 2.05) is 0 Å². The molecule has 3 heteroatoms. The van der Waals surface area contributed by atoms with Crippen LogP contribution in [0.4, 0.5) is 0 Å². The number of aromatic nitrogens is 2. The minimum atomic E-state index is 0.587. The average molecular weight is 318 g/mol. The van der Waals surface area contributed by atoms with Gasteiger partial charge in [0.25, 0.3) is 0 Å². The van der Waals surface area contributed by atoms with E-state index in [4.69, 9.17) is 0 Å². The van der Waals surface area contributed by atoms with Crippen molar-refractivity contribution >= 4 is 0 Å². The van der Waals surface area contributed by atoms with Gasteiger partial charge in [-0.05, 0) is 49.6 Å². The van der Waals surface area contributed by atoms with Gasteiger partial charge < -0.3 is 4.90 Å². The maximum atomic E-state index is 4.61. The molecule has 0 atom stereocenters. The van der Waals surface area contributed by atoms with Crippen molar-refractivity contribution in [1.82, 2.24) is 14.7 Å². The lowest BCUT2D eigenvalue weighted by atomic mass is 9.86. The van der Waals surface area contributed by atoms with Crippen LogP contribution in [-0.4, -0.2) is 34.3 Å². The van der Waals surface area contributed by atoms with Crippen LogP contribution < -0.4 is 0 Å². The Morgan fingerprint density at radius 3 is 2.48 bits per heavy atom. The van der Waals surface area contributed by atoms with Gasteiger partial charge in [-0.15, -0.1) is 0 Å². The molecule has 23 heavy (non-hydrogen) atoms. The highest BCUT2D eigenvalue weighted by atomic mass is 15.3. The summed E-state index contributed by atoms with van der Waals surface area (Å²) in [6.45, 7) is 8.32. The first-order chi connectivity index (χ1) is 11.2. The fourth-order valence-electron chi connectivity index (χ4n) is 4.34. The van der Waals surface area contributed by atoms with Gasteiger partial charge in [-0.25, -0.2) is 0 Å². The van der Waals surface area contributed by atoms with Crippen LogP contribution in [0.15, 0.2) is 12.4 Å². The molecule has 0 unspecified atom stereocenters. The molecule has 0 N–H and O–H groups in total. The molecule has 2 fully saturated rings. The first-order valence-corrected chi connectivity index (χ1v) is 9.99. The van der Waals surface area contributed by atoms with E-state index in [9.17, 15) is 0 Å². The molecular formula is C20H35N3. The Hall–Kier alpha value is -0.830. The Balaban J connectivity index is 1.36. The SMILES string of the molecule is CC(C)c1cnn(C2CCN(CCCC3CCCCC3)CC2)c1. The van der Waals surface area contributed by atoms with Crippen LogP contribution in [0.5, 0.6) is 0 Å². The third-order valence-corrected chi connectivity index (χ3v) is 6.03. The average Bonchev–Trinajstić information content (AvgIpc) is 3.07. The van der Waals surface area contributed by atoms with Crippen LogP contribution >= 0.6 is 0 Å². The van der Waals surface area contributed by atoms with Crippen molar-refractivity contribution in [3.63, 3.8) is 0 Å². The fourth-order valence-corrected chi connectivity index (χ4v) is 4.34. The summed E-state index contributed by atoms with van der Waals surface area (Å²) in [5, 5.41) is 4.61. The molecule has 0 bridgehead atoms. The van der Waals surface area contributed by atoms with Crippen molar-refractivity contribution in [1.29, 1.82) is 0 Å². The number of hydrogen-bond acceptors (Lipinski definition) is 2. The zero-order valence-electron chi connectivity index (χ0n) is 15.2. The molecule has 130 valence electrons. The van der Waals surface area contributed by atoms with E-state index in [1.54, 1.807) is 0 Å². The zero-order valence-corrected chi connectivity index (χ0v) is 15.2. The first-order valence-electron chi connectivity index (χ1n) is 9.99. The molecule has 1 aliphatic carbocycles. The van der Waals surface area contributed by atoms with E-state index in [0.29, 0.717) is 12.0 Å². The van der Waals surface area contributed by atoms with Crippen LogP contribution in [0.3, 0.4) is 0 Å². The van der Waals surface area contributed by atoms with Gasteiger partial charge in [0.2, 0.25) is 0 Å². The Morgan fingerprint density at radius 1 is 1.09 bits per heavy atom. The molecule has 1 aromatic heterocycles. The number of rotatable bonds is 6. The summed E-state index contributed by atoms with van der Waals surface area (Å²) in [6, 6.07) is 0.622. The summed E-state index contributed by atoms with van der Waals surface area (Å²) in [6.07, 6.45) is 17.2. The second-order valence-corrected chi connectivity index (χ2v) is 8.13. The Morgan fingerprint density at radius 2 is 1.83 bits per heavy atom. The summed E-state index contributed by atoms with van der Waals surface area (Å²) in [7, 11) is 0. The van der Waals surface area contributed by atoms with E-state index in [0.717, 1.165) is 5.92 Å². The van der Waals surface area contributed by atoms with Crippen molar-refractivity contribution in [2.75, 3.05) is 19.6 Å². The largest absolute Gasteiger partial charge is 0.303 e. The lowest BCUT2D eigenvalue weighted by molar-refractivity contribution is 0.172. The Kier molecular flexibility index (Phi) is 6.15. The molecule has 0 spiro atoms. The minimum Gasteiger partial charge on any atom is -0.303 e. The lowest BCUT2D eigenvalue weighted by Crippen LogP contribution is -2.35. The van der Waals surface area contributed by atoms with Crippen molar-refractivity contribution in [2.24, 2.45) is 5.92 Å². The monoisotopic (exact) mass is 317 g/mol. The maximum Gasteiger partial charge on any atom is 0.0543 e. The van der Waals surface area contributed by atoms with Crippen molar-refractivity contribution in [3.05, 3.63) is 18.0 Å². The molecule has 0 amide bonds. The third kappa shape index (κ3) is 4.82. The van der Waals surface area contributed by atoms with Gasteiger partial charge in [0, 0.05) is 19.3 Å². The van der Waals surface area contributed by atoms with Crippen LogP contribution in [0, 0.1) is 5.92 Å². The van der Waals surface area contributed by atoms with E-state index in [2.05, 4.69) is 40.9 Å². The predicted molar refractivity (Wildman–Crippen MR) is 96.8 cm³/mol. The summed E-state index contributed by atoms with van der Waals surface area (Å²) in [4.78, 5) is 2.69. The third-order valence-electron chi connectivity index (χ3n) is 6.03. The summed E-state index contributed by atoms with van der Waals surface area (Å²) in [5.41, 5.74) is 1.37. The standard InChI is InChI=1S/C20H35N3/c1-17(2)19-15-21-23(16-19)20-10-13-22(14-11-20)12-6-9-18-7-4-3-5-8-18/h15-18,20H,3-14H2,1-2H3. The first kappa shape index (κ1) is 17.0. The molecule has 3 rings (SSSR count). The molecule has 0 aromatic carbocycles. The summed E-state index contributed by atoms with van der Waals surface area (Å²) in [5.74, 6) is 1.63. The molecule has 1 saturated heterocycles. The smallest absolute Gasteiger partial charge is 0.0543 e. The van der Waals surface area contributed by atoms with Crippen molar-refractivity contribution < 1.29 is 0 Å². The predicted octanol–water partition coefficient (Wildman–Crippen LogP) is 5.00. The Labute approximate surface area is 142 Å². The number of likely N-dealkylation sites (tertiary alicyclic amines) is 1. The van der Waals surface area contributed by atoms with Crippen LogP contribution in [0.2, 0.25) is 0 Å². The van der Waals surface area contributed by atoms with Gasteiger partial charge in [0.1, 0.15) is 0 Å². The highest BCUT2D eigenvalue weighted by molar-refractivity contribution is 5.09. The zero-order chi connectivity index (χ0) is 16.1.